The number of allylic oxidation sites excluding steroid dienone is 2. The number of rotatable bonds is 14. The number of cyclic esters (lactones) is 1. The lowest BCUT2D eigenvalue weighted by Crippen LogP contribution is -2.67. The van der Waals surface area contributed by atoms with Crippen LogP contribution in [0.25, 0.3) is 0 Å². The molecule has 0 radical (unpaired) electrons. The lowest BCUT2D eigenvalue weighted by atomic mass is 9.82. The molecule has 20 atom stereocenters. The molecular formula is C56H102N2O15Si2. The SMILES string of the molecule is CN[C@H]1CCC(O[C@H]2/C=C/C=C/C[C@@H](C)OC(=O)C[C@H]3OC(O[Si](C)(C)C(C)(C)C)C[C@H](C[C@H]2C)C(O[C@@H]2O[C@H](C)[C@@H](O[C@H]4C[C@@](C)(O)[C@@H](O[Si](C)(C)C(C)(C)C)[C@H](C)O4)[C@H](N(C)C)[C@H]2OC(C)=O)[C@H]3OC)O[C@@H]1C. The minimum Gasteiger partial charge on any atom is -0.462 e. The molecule has 434 valence electrons. The van der Waals surface area contributed by atoms with Crippen molar-refractivity contribution < 1.29 is 70.9 Å². The molecule has 5 heterocycles. The van der Waals surface area contributed by atoms with E-state index in [1.807, 2.05) is 65.0 Å². The summed E-state index contributed by atoms with van der Waals surface area (Å²) in [7, 11) is 2.56. The highest BCUT2D eigenvalue weighted by Crippen LogP contribution is 2.45. The molecule has 75 heavy (non-hydrogen) atoms. The average Bonchev–Trinajstić information content (AvgIpc) is 3.38. The first kappa shape index (κ1) is 64.2. The highest BCUT2D eigenvalue weighted by atomic mass is 28.4. The summed E-state index contributed by atoms with van der Waals surface area (Å²) in [5.41, 5.74) is -1.29. The van der Waals surface area contributed by atoms with Gasteiger partial charge in [-0.25, -0.2) is 0 Å². The summed E-state index contributed by atoms with van der Waals surface area (Å²) in [6.45, 7) is 34.9. The zero-order chi connectivity index (χ0) is 56.2. The number of nitrogens with one attached hydrogen (secondary N) is 1. The lowest BCUT2D eigenvalue weighted by Gasteiger charge is -2.52. The summed E-state index contributed by atoms with van der Waals surface area (Å²) in [4.78, 5) is 29.3. The molecule has 0 spiro atoms. The van der Waals surface area contributed by atoms with Crippen molar-refractivity contribution in [1.29, 1.82) is 0 Å². The first-order chi connectivity index (χ1) is 34.7. The number of carbonyl (C=O) groups excluding carboxylic acids is 2. The molecule has 4 saturated heterocycles. The number of hydrogen-bond acceptors (Lipinski definition) is 17. The van der Waals surface area contributed by atoms with Gasteiger partial charge in [0.1, 0.15) is 24.6 Å². The van der Waals surface area contributed by atoms with E-state index in [9.17, 15) is 14.7 Å². The lowest BCUT2D eigenvalue weighted by molar-refractivity contribution is -0.343. The molecule has 0 aromatic rings. The summed E-state index contributed by atoms with van der Waals surface area (Å²) in [6, 6.07) is -0.401. The second-order valence-corrected chi connectivity index (χ2v) is 35.4. The normalized spacial score (nSPS) is 41.2. The number of aliphatic hydroxyl groups is 1. The third-order valence-corrected chi connectivity index (χ3v) is 26.1. The fraction of sp³-hybridized carbons (Fsp3) is 0.893. The van der Waals surface area contributed by atoms with Crippen LogP contribution in [-0.2, 0) is 65.8 Å². The van der Waals surface area contributed by atoms with E-state index in [1.165, 1.54) is 6.92 Å². The Labute approximate surface area is 453 Å². The Balaban J connectivity index is 1.57. The molecule has 4 fully saturated rings. The molecule has 5 aliphatic rings. The second-order valence-electron chi connectivity index (χ2n) is 25.9. The maximum atomic E-state index is 14.0. The van der Waals surface area contributed by atoms with E-state index in [0.717, 1.165) is 12.8 Å². The first-order valence-corrected chi connectivity index (χ1v) is 33.7. The van der Waals surface area contributed by atoms with Crippen molar-refractivity contribution in [2.75, 3.05) is 28.3 Å². The van der Waals surface area contributed by atoms with Gasteiger partial charge in [0.15, 0.2) is 41.6 Å². The van der Waals surface area contributed by atoms with Crippen LogP contribution in [0.3, 0.4) is 0 Å². The number of likely N-dealkylation sites (N-methyl/N-ethyl adjacent to an activating group) is 2. The van der Waals surface area contributed by atoms with Gasteiger partial charge in [-0.15, -0.1) is 0 Å². The monoisotopic (exact) mass is 1100 g/mol. The molecule has 17 nitrogen and oxygen atoms in total. The maximum absolute atomic E-state index is 14.0. The van der Waals surface area contributed by atoms with Crippen molar-refractivity contribution in [3.63, 3.8) is 0 Å². The van der Waals surface area contributed by atoms with Crippen molar-refractivity contribution in [2.24, 2.45) is 11.8 Å². The summed E-state index contributed by atoms with van der Waals surface area (Å²) >= 11 is 0. The minimum absolute atomic E-state index is 0.0419. The van der Waals surface area contributed by atoms with Gasteiger partial charge in [0, 0.05) is 39.3 Å². The van der Waals surface area contributed by atoms with Gasteiger partial charge in [0.05, 0.1) is 60.8 Å². The minimum atomic E-state index is -2.50. The molecule has 0 aromatic heterocycles. The predicted molar refractivity (Wildman–Crippen MR) is 293 cm³/mol. The largest absolute Gasteiger partial charge is 0.462 e. The van der Waals surface area contributed by atoms with Crippen LogP contribution in [0.15, 0.2) is 24.3 Å². The van der Waals surface area contributed by atoms with E-state index in [2.05, 4.69) is 93.0 Å². The summed E-state index contributed by atoms with van der Waals surface area (Å²) in [5.74, 6) is -1.45. The highest BCUT2D eigenvalue weighted by molar-refractivity contribution is 6.74. The molecule has 0 aliphatic carbocycles. The number of carbonyl (C=O) groups is 2. The van der Waals surface area contributed by atoms with Crippen molar-refractivity contribution in [3.8, 4) is 0 Å². The van der Waals surface area contributed by atoms with E-state index in [-0.39, 0.29) is 53.0 Å². The van der Waals surface area contributed by atoms with Crippen molar-refractivity contribution in [2.45, 2.75) is 281 Å². The van der Waals surface area contributed by atoms with Gasteiger partial charge in [-0.1, -0.05) is 72.8 Å². The van der Waals surface area contributed by atoms with E-state index < -0.39 is 120 Å². The van der Waals surface area contributed by atoms with Gasteiger partial charge in [-0.3, -0.25) is 9.59 Å². The van der Waals surface area contributed by atoms with Gasteiger partial charge >= 0.3 is 11.9 Å². The maximum Gasteiger partial charge on any atom is 0.308 e. The molecule has 5 aliphatic heterocycles. The third kappa shape index (κ3) is 16.7. The van der Waals surface area contributed by atoms with Gasteiger partial charge < -0.3 is 71.5 Å². The van der Waals surface area contributed by atoms with Crippen LogP contribution in [-0.4, -0.2) is 177 Å². The molecule has 0 amide bonds. The summed E-state index contributed by atoms with van der Waals surface area (Å²) in [5, 5.41) is 15.2. The summed E-state index contributed by atoms with van der Waals surface area (Å²) < 4.78 is 81.0. The second kappa shape index (κ2) is 26.3. The quantitative estimate of drug-likeness (QED) is 0.124. The number of fused-ring (bicyclic) bond motifs is 3. The molecule has 2 bridgehead atoms. The highest BCUT2D eigenvalue weighted by Gasteiger charge is 2.56. The number of hydrogen-bond donors (Lipinski definition) is 2. The van der Waals surface area contributed by atoms with Gasteiger partial charge in [0.25, 0.3) is 0 Å². The molecule has 2 N–H and O–H groups in total. The number of esters is 2. The van der Waals surface area contributed by atoms with E-state index in [1.54, 1.807) is 14.0 Å². The Hall–Kier alpha value is -1.67. The van der Waals surface area contributed by atoms with Crippen LogP contribution in [0, 0.1) is 11.8 Å². The molecule has 19 heteroatoms. The Morgan fingerprint density at radius 1 is 0.787 bits per heavy atom. The van der Waals surface area contributed by atoms with Gasteiger partial charge in [-0.2, -0.15) is 0 Å². The molecule has 0 saturated carbocycles. The standard InChI is InChI=1S/C56H102N2O15Si2/c1-33-29-39-30-45(72-74(18,19)54(7,8)9)69-42(31-43(60)63-34(2)25-23-22-24-26-41(33)68-44-28-27-40(57-14)35(3)64-44)50(62-17)49(39)71-53-51(67-38(6)59)47(58(15)16)48(36(4)66-53)70-46-32-56(13,61)52(37(5)65-46)73-75(20,21)55(10,11)12/h22-24,26,33-37,39-42,44-53,57,61H,25,27-32H2,1-21H3/b23-22+,26-24+/t33-,34-,35-,36-,37+,39+,40+,41+,42-,44?,45?,46+,47+,48-,49?,50+,51-,52+,53+,56-/m1/s1. The topological polar surface area (TPSA) is 180 Å². The van der Waals surface area contributed by atoms with Crippen LogP contribution in [0.2, 0.25) is 36.3 Å². The first-order valence-electron chi connectivity index (χ1n) is 27.9. The molecule has 5 rings (SSSR count). The van der Waals surface area contributed by atoms with Crippen molar-refractivity contribution in [1.82, 2.24) is 10.2 Å². The van der Waals surface area contributed by atoms with Crippen LogP contribution >= 0.6 is 0 Å². The fourth-order valence-corrected chi connectivity index (χ4v) is 13.5. The Bertz CT molecular complexity index is 1890. The molecular weight excluding hydrogens is 997 g/mol. The third-order valence-electron chi connectivity index (χ3n) is 17.2. The smallest absolute Gasteiger partial charge is 0.308 e. The van der Waals surface area contributed by atoms with E-state index >= 15 is 0 Å². The predicted octanol–water partition coefficient (Wildman–Crippen LogP) is 8.77. The average molecular weight is 1100 g/mol. The zero-order valence-corrected chi connectivity index (χ0v) is 51.8. The van der Waals surface area contributed by atoms with Crippen LogP contribution in [0.1, 0.15) is 135 Å². The molecule has 3 unspecified atom stereocenters. The van der Waals surface area contributed by atoms with Gasteiger partial charge in [-0.05, 0) is 123 Å². The number of ether oxygens (including phenoxy) is 10. The van der Waals surface area contributed by atoms with Gasteiger partial charge in [0.2, 0.25) is 0 Å². The Morgan fingerprint density at radius 3 is 2.00 bits per heavy atom. The number of methoxy groups -OCH3 is 1. The van der Waals surface area contributed by atoms with Crippen LogP contribution in [0.4, 0.5) is 0 Å². The summed E-state index contributed by atoms with van der Waals surface area (Å²) in [6.07, 6.45) is 1.04. The molecule has 0 aromatic carbocycles. The van der Waals surface area contributed by atoms with Crippen LogP contribution < -0.4 is 5.32 Å². The van der Waals surface area contributed by atoms with Crippen LogP contribution in [0.5, 0.6) is 0 Å². The van der Waals surface area contributed by atoms with Crippen molar-refractivity contribution in [3.05, 3.63) is 24.3 Å². The van der Waals surface area contributed by atoms with E-state index in [0.29, 0.717) is 19.3 Å². The number of nitrogens with zero attached hydrogens (tertiary/aromatic N) is 1. The van der Waals surface area contributed by atoms with Crippen molar-refractivity contribution >= 4 is 28.6 Å². The Morgan fingerprint density at radius 2 is 1.43 bits per heavy atom. The fourth-order valence-electron chi connectivity index (χ4n) is 10.9. The zero-order valence-electron chi connectivity index (χ0n) is 49.8. The Kier molecular flexibility index (Phi) is 22.5. The van der Waals surface area contributed by atoms with E-state index in [4.69, 9.17) is 56.2 Å².